The highest BCUT2D eigenvalue weighted by atomic mass is 16.7. The summed E-state index contributed by atoms with van der Waals surface area (Å²) in [6.45, 7) is 52.8. The molecule has 7 heteroatoms. The fourth-order valence-electron chi connectivity index (χ4n) is 1.12. The van der Waals surface area contributed by atoms with Crippen molar-refractivity contribution in [2.45, 2.75) is 20.1 Å². The van der Waals surface area contributed by atoms with Crippen molar-refractivity contribution in [3.05, 3.63) is 116 Å². The number of ether oxygens (including phenoxy) is 5. The molecular formula is C29H52O7. The van der Waals surface area contributed by atoms with E-state index in [-0.39, 0.29) is 33.0 Å². The van der Waals surface area contributed by atoms with Crippen molar-refractivity contribution >= 4 is 11.9 Å². The highest BCUT2D eigenvalue weighted by Crippen LogP contribution is 1.97. The lowest BCUT2D eigenvalue weighted by Crippen LogP contribution is -2.25. The van der Waals surface area contributed by atoms with E-state index in [1.54, 1.807) is 13.8 Å². The Kier molecular flexibility index (Phi) is 94.6. The van der Waals surface area contributed by atoms with Gasteiger partial charge in [0.05, 0.1) is 19.8 Å². The highest BCUT2D eigenvalue weighted by Gasteiger charge is 2.09. The number of carbonyl (C=O) groups is 2. The normalized spacial score (nSPS) is 7.86. The summed E-state index contributed by atoms with van der Waals surface area (Å²) in [5.41, 5.74) is 0.665. The van der Waals surface area contributed by atoms with Crippen LogP contribution in [0.3, 0.4) is 0 Å². The quantitative estimate of drug-likeness (QED) is 0.0930. The molecule has 1 unspecified atom stereocenters. The lowest BCUT2D eigenvalue weighted by molar-refractivity contribution is -0.170. The number of hydrogen-bond acceptors (Lipinski definition) is 7. The Morgan fingerprint density at radius 1 is 0.583 bits per heavy atom. The molecule has 0 spiro atoms. The van der Waals surface area contributed by atoms with E-state index in [1.807, 2.05) is 0 Å². The third kappa shape index (κ3) is 57.4. The van der Waals surface area contributed by atoms with Crippen molar-refractivity contribution in [3.63, 3.8) is 0 Å². The van der Waals surface area contributed by atoms with Crippen LogP contribution in [0.2, 0.25) is 0 Å². The molecule has 0 radical (unpaired) electrons. The maximum Gasteiger partial charge on any atom is 0.333 e. The Labute approximate surface area is 222 Å². The summed E-state index contributed by atoms with van der Waals surface area (Å²) in [4.78, 5) is 22.2. The van der Waals surface area contributed by atoms with Gasteiger partial charge in [-0.05, 0) is 13.8 Å². The lowest BCUT2D eigenvalue weighted by atomic mass is 10.4. The monoisotopic (exact) mass is 512 g/mol. The van der Waals surface area contributed by atoms with Gasteiger partial charge in [0.1, 0.15) is 13.2 Å². The molecule has 0 amide bonds. The molecule has 0 aliphatic rings. The molecule has 0 N–H and O–H groups in total. The Hall–Kier alpha value is -3.52. The van der Waals surface area contributed by atoms with Crippen LogP contribution in [0.4, 0.5) is 0 Å². The maximum atomic E-state index is 11.1. The Bertz CT molecular complexity index is 470. The number of hydrogen-bond donors (Lipinski definition) is 0. The maximum absolute atomic E-state index is 11.1. The van der Waals surface area contributed by atoms with Crippen molar-refractivity contribution in [2.24, 2.45) is 0 Å². The summed E-state index contributed by atoms with van der Waals surface area (Å²) in [7, 11) is 1.47. The van der Waals surface area contributed by atoms with E-state index < -0.39 is 18.2 Å². The summed E-state index contributed by atoms with van der Waals surface area (Å²) < 4.78 is 25.3. The third-order valence-electron chi connectivity index (χ3n) is 2.29. The van der Waals surface area contributed by atoms with Crippen LogP contribution >= 0.6 is 0 Å². The van der Waals surface area contributed by atoms with E-state index in [1.165, 1.54) is 7.11 Å². The van der Waals surface area contributed by atoms with Gasteiger partial charge in [0.2, 0.25) is 0 Å². The van der Waals surface area contributed by atoms with E-state index in [4.69, 9.17) is 23.7 Å². The molecule has 0 rings (SSSR count). The second-order valence-electron chi connectivity index (χ2n) is 4.44. The van der Waals surface area contributed by atoms with Gasteiger partial charge >= 0.3 is 11.9 Å². The molecule has 210 valence electrons. The van der Waals surface area contributed by atoms with Crippen LogP contribution in [0.1, 0.15) is 13.8 Å². The predicted molar refractivity (Wildman–Crippen MR) is 158 cm³/mol. The predicted octanol–water partition coefficient (Wildman–Crippen LogP) is 6.85. The molecule has 0 saturated carbocycles. The number of esters is 2. The van der Waals surface area contributed by atoms with Crippen molar-refractivity contribution in [1.29, 1.82) is 0 Å². The van der Waals surface area contributed by atoms with Gasteiger partial charge in [0.15, 0.2) is 6.29 Å². The first-order valence-electron chi connectivity index (χ1n) is 10.3. The first kappa shape index (κ1) is 53.7. The smallest absolute Gasteiger partial charge is 0.333 e. The largest absolute Gasteiger partial charge is 0.460 e. The van der Waals surface area contributed by atoms with Crippen LogP contribution in [0.5, 0.6) is 0 Å². The Balaban J connectivity index is -0.0000000796. The van der Waals surface area contributed by atoms with E-state index in [9.17, 15) is 9.59 Å². The molecule has 0 saturated heterocycles. The summed E-state index contributed by atoms with van der Waals surface area (Å²) in [6, 6.07) is 0. The topological polar surface area (TPSA) is 80.3 Å². The summed E-state index contributed by atoms with van der Waals surface area (Å²) in [6.07, 6.45) is -0.597. The molecular weight excluding hydrogens is 460 g/mol. The molecule has 0 fully saturated rings. The van der Waals surface area contributed by atoms with Gasteiger partial charge in [-0.15, -0.1) is 92.1 Å². The van der Waals surface area contributed by atoms with Gasteiger partial charge in [0, 0.05) is 18.3 Å². The minimum absolute atomic E-state index is 0.0990. The second kappa shape index (κ2) is 63.4. The minimum atomic E-state index is -0.597. The van der Waals surface area contributed by atoms with Crippen molar-refractivity contribution in [2.75, 3.05) is 40.1 Å². The number of carbonyl (C=O) groups excluding carboxylic acids is 2. The van der Waals surface area contributed by atoms with Crippen LogP contribution in [-0.2, 0) is 33.3 Å². The average Bonchev–Trinajstić information content (AvgIpc) is 2.96. The van der Waals surface area contributed by atoms with Crippen LogP contribution < -0.4 is 0 Å². The first-order valence-corrected chi connectivity index (χ1v) is 10.3. The summed E-state index contributed by atoms with van der Waals surface area (Å²) in [5.74, 6) is -0.921. The lowest BCUT2D eigenvalue weighted by Gasteiger charge is -2.16. The Morgan fingerprint density at radius 2 is 0.889 bits per heavy atom. The molecule has 0 aliphatic carbocycles. The second-order valence-corrected chi connectivity index (χ2v) is 4.44. The molecule has 0 aromatic carbocycles. The molecule has 7 nitrogen and oxygen atoms in total. The molecule has 0 aromatic rings. The van der Waals surface area contributed by atoms with Gasteiger partial charge in [-0.3, -0.25) is 0 Å². The van der Waals surface area contributed by atoms with Gasteiger partial charge in [-0.2, -0.15) is 0 Å². The highest BCUT2D eigenvalue weighted by molar-refractivity contribution is 5.87. The third-order valence-corrected chi connectivity index (χ3v) is 2.29. The Morgan fingerprint density at radius 3 is 1.17 bits per heavy atom. The zero-order valence-electron chi connectivity index (χ0n) is 23.3. The zero-order chi connectivity index (χ0) is 31.0. The first-order chi connectivity index (χ1) is 17.4. The van der Waals surface area contributed by atoms with E-state index in [0.29, 0.717) is 11.1 Å². The van der Waals surface area contributed by atoms with Crippen molar-refractivity contribution in [3.8, 4) is 0 Å². The van der Waals surface area contributed by atoms with Crippen molar-refractivity contribution in [1.82, 2.24) is 0 Å². The van der Waals surface area contributed by atoms with E-state index in [2.05, 4.69) is 105 Å². The minimum Gasteiger partial charge on any atom is -0.460 e. The standard InChI is InChI=1S/C15H24O7.7C2H4/c1-11(2)14(16)21-7-6-19-10-13(18-5)20-8-9-22-15(17)12(3)4;7*1-2/h13H,1,3,6-10H2,2,4-5H3;7*1-2H2. The fourth-order valence-corrected chi connectivity index (χ4v) is 1.12. The SMILES string of the molecule is C=C.C=C.C=C.C=C.C=C.C=C.C=C.C=C(C)C(=O)OCCOCC(OC)OCCOC(=O)C(=C)C. The van der Waals surface area contributed by atoms with E-state index >= 15 is 0 Å². The number of methoxy groups -OCH3 is 1. The van der Waals surface area contributed by atoms with E-state index in [0.717, 1.165) is 0 Å². The molecule has 36 heavy (non-hydrogen) atoms. The van der Waals surface area contributed by atoms with Crippen LogP contribution in [0, 0.1) is 0 Å². The molecule has 1 atom stereocenters. The molecule has 0 bridgehead atoms. The van der Waals surface area contributed by atoms with Gasteiger partial charge in [0.25, 0.3) is 0 Å². The van der Waals surface area contributed by atoms with Crippen LogP contribution in [0.25, 0.3) is 0 Å². The van der Waals surface area contributed by atoms with Gasteiger partial charge < -0.3 is 23.7 Å². The summed E-state index contributed by atoms with van der Waals surface area (Å²) in [5, 5.41) is 0. The van der Waals surface area contributed by atoms with Crippen LogP contribution in [0.15, 0.2) is 116 Å². The molecule has 0 aliphatic heterocycles. The van der Waals surface area contributed by atoms with Crippen molar-refractivity contribution < 1.29 is 33.3 Å². The molecule has 0 heterocycles. The molecule has 0 aromatic heterocycles. The number of rotatable bonds is 12. The van der Waals surface area contributed by atoms with Gasteiger partial charge in [-0.25, -0.2) is 9.59 Å². The summed E-state index contributed by atoms with van der Waals surface area (Å²) >= 11 is 0. The fraction of sp³-hybridized carbons (Fsp3) is 0.310. The van der Waals surface area contributed by atoms with Gasteiger partial charge in [-0.1, -0.05) is 13.2 Å². The average molecular weight is 513 g/mol. The van der Waals surface area contributed by atoms with Crippen LogP contribution in [-0.4, -0.2) is 58.4 Å². The zero-order valence-corrected chi connectivity index (χ0v) is 23.3.